The van der Waals surface area contributed by atoms with Crippen molar-refractivity contribution in [3.05, 3.63) is 252 Å². The van der Waals surface area contributed by atoms with E-state index in [1.807, 2.05) is 109 Å². The molecule has 0 saturated carbocycles. The summed E-state index contributed by atoms with van der Waals surface area (Å²) in [6.45, 7) is 2.86. The molecule has 0 N–H and O–H groups in total. The molecule has 0 fully saturated rings. The first-order valence-electron chi connectivity index (χ1n) is 26.1. The van der Waals surface area contributed by atoms with Gasteiger partial charge in [-0.25, -0.2) is 39.9 Å². The lowest BCUT2D eigenvalue weighted by molar-refractivity contribution is 0.755. The summed E-state index contributed by atoms with van der Waals surface area (Å²) in [5, 5.41) is 0. The van der Waals surface area contributed by atoms with E-state index in [4.69, 9.17) is 39.9 Å². The molecule has 0 aliphatic heterocycles. The zero-order valence-electron chi connectivity index (χ0n) is 42.1. The summed E-state index contributed by atoms with van der Waals surface area (Å²) in [6.07, 6.45) is 0. The molecule has 3 aliphatic carbocycles. The zero-order valence-corrected chi connectivity index (χ0v) is 42.1. The molecule has 13 aromatic rings. The summed E-state index contributed by atoms with van der Waals surface area (Å²) >= 11 is 0. The van der Waals surface area contributed by atoms with Gasteiger partial charge in [-0.2, -0.15) is 0 Å². The smallest absolute Gasteiger partial charge is 0.200 e. The first-order valence-corrected chi connectivity index (χ1v) is 26.1. The Morgan fingerprint density at radius 1 is 0.299 bits per heavy atom. The van der Waals surface area contributed by atoms with Crippen LogP contribution in [-0.2, 0) is 13.6 Å². The number of fused-ring (bicyclic) bond motifs is 2. The van der Waals surface area contributed by atoms with Crippen molar-refractivity contribution in [3.8, 4) is 91.1 Å². The van der Waals surface area contributed by atoms with E-state index >= 15 is 0 Å². The minimum atomic E-state index is 0.109. The average molecular weight is 991 g/mol. The van der Waals surface area contributed by atoms with Gasteiger partial charge in [0.1, 0.15) is 0 Å². The number of para-hydroxylation sites is 4. The van der Waals surface area contributed by atoms with Crippen LogP contribution < -0.4 is 0 Å². The van der Waals surface area contributed by atoms with Gasteiger partial charge in [-0.05, 0) is 99.0 Å². The molecule has 0 radical (unpaired) electrons. The highest BCUT2D eigenvalue weighted by Crippen LogP contribution is 2.57. The van der Waals surface area contributed by atoms with Crippen molar-refractivity contribution < 1.29 is 0 Å². The van der Waals surface area contributed by atoms with Gasteiger partial charge in [0.15, 0.2) is 46.6 Å². The maximum Gasteiger partial charge on any atom is 0.200 e. The molecule has 77 heavy (non-hydrogen) atoms. The number of rotatable bonds is 9. The van der Waals surface area contributed by atoms with Crippen LogP contribution in [-0.4, -0.2) is 49.0 Å². The number of aromatic nitrogens is 10. The Morgan fingerprint density at radius 2 is 0.649 bits per heavy atom. The van der Waals surface area contributed by atoms with Gasteiger partial charge in [-0.15, -0.1) is 0 Å². The molecule has 3 aliphatic rings. The van der Waals surface area contributed by atoms with E-state index in [1.54, 1.807) is 0 Å². The second-order valence-corrected chi connectivity index (χ2v) is 19.8. The normalized spacial score (nSPS) is 14.2. The first-order chi connectivity index (χ1) is 38.0. The number of benzene rings is 9. The Labute approximate surface area is 444 Å². The van der Waals surface area contributed by atoms with Crippen molar-refractivity contribution in [2.45, 2.75) is 25.3 Å². The highest BCUT2D eigenvalue weighted by atomic mass is 15.2. The van der Waals surface area contributed by atoms with Crippen LogP contribution >= 0.6 is 0 Å². The Kier molecular flexibility index (Phi) is 10.3. The Morgan fingerprint density at radius 3 is 1.13 bits per heavy atom. The van der Waals surface area contributed by atoms with E-state index in [9.17, 15) is 0 Å². The molecule has 4 heterocycles. The van der Waals surface area contributed by atoms with Gasteiger partial charge in [0.2, 0.25) is 0 Å². The molecule has 2 bridgehead atoms. The topological polar surface area (TPSA) is 113 Å². The number of hydrogen-bond donors (Lipinski definition) is 0. The highest BCUT2D eigenvalue weighted by Gasteiger charge is 2.41. The van der Waals surface area contributed by atoms with E-state index in [2.05, 4.69) is 133 Å². The van der Waals surface area contributed by atoms with Crippen molar-refractivity contribution >= 4 is 22.1 Å². The number of nitrogens with zero attached hydrogens (tertiary/aromatic N) is 10. The Bertz CT molecular complexity index is 4450. The second-order valence-electron chi connectivity index (χ2n) is 19.8. The van der Waals surface area contributed by atoms with Crippen LogP contribution in [0.4, 0.5) is 0 Å². The maximum absolute atomic E-state index is 5.09. The average Bonchev–Trinajstić information content (AvgIpc) is 4.24. The molecule has 2 atom stereocenters. The molecule has 16 rings (SSSR count). The van der Waals surface area contributed by atoms with Crippen LogP contribution in [0.15, 0.2) is 218 Å². The van der Waals surface area contributed by atoms with Crippen LogP contribution in [0.5, 0.6) is 0 Å². The third kappa shape index (κ3) is 7.39. The van der Waals surface area contributed by atoms with Gasteiger partial charge >= 0.3 is 0 Å². The molecular weight excluding hydrogens is 945 g/mol. The fourth-order valence-corrected chi connectivity index (χ4v) is 11.8. The molecule has 364 valence electrons. The minimum Gasteiger partial charge on any atom is -0.324 e. The molecule has 9 aromatic carbocycles. The summed E-state index contributed by atoms with van der Waals surface area (Å²) < 4.78 is 4.22. The van der Waals surface area contributed by atoms with Gasteiger partial charge in [-0.3, -0.25) is 0 Å². The molecule has 0 spiro atoms. The molecule has 0 saturated heterocycles. The summed E-state index contributed by atoms with van der Waals surface area (Å²) in [5.41, 5.74) is 20.3. The highest BCUT2D eigenvalue weighted by molar-refractivity contribution is 5.82. The van der Waals surface area contributed by atoms with Gasteiger partial charge in [0, 0.05) is 47.7 Å². The third-order valence-electron chi connectivity index (χ3n) is 15.5. The minimum absolute atomic E-state index is 0.109. The van der Waals surface area contributed by atoms with Crippen LogP contribution in [0, 0.1) is 0 Å². The first kappa shape index (κ1) is 44.4. The lowest BCUT2D eigenvalue weighted by Crippen LogP contribution is -2.27. The standard InChI is InChI=1S/C67H46N10/c1-3-77-57-25-15-13-23-55(57)69-67(77)65-74-61(43-18-8-5-9-19-43)71-63(75-65)45-32-28-41(29-33-45)47-35-37-51-53(39-47)59-49-21-11-10-20-48(49)58(51)52-38-46(34-36-50(52)59)40-26-30-44(31-27-40)62-70-60(42-16-6-4-7-17-42)72-64(73-62)66-68-54-22-12-14-24-56(54)76(66)2/h4-39,58-59H,3H2,1-2H3. The zero-order chi connectivity index (χ0) is 51.1. The van der Waals surface area contributed by atoms with Crippen molar-refractivity contribution in [1.82, 2.24) is 49.0 Å². The third-order valence-corrected chi connectivity index (χ3v) is 15.5. The second kappa shape index (κ2) is 17.8. The van der Waals surface area contributed by atoms with Crippen LogP contribution in [0.25, 0.3) is 113 Å². The molecule has 10 heteroatoms. The van der Waals surface area contributed by atoms with Crippen LogP contribution in [0.3, 0.4) is 0 Å². The SMILES string of the molecule is CCn1c(-c2nc(-c3ccccc3)nc(-c3ccc(-c4ccc5c(c4)C4c6ccccc6C5c5cc(-c6ccc(-c7nc(-c8ccccc8)nc(-c8nc9ccccc9n8C)n7)cc6)ccc54)cc3)n2)nc2ccccc21. The fraction of sp³-hybridized carbons (Fsp3) is 0.0746. The van der Waals surface area contributed by atoms with Crippen LogP contribution in [0.2, 0.25) is 0 Å². The van der Waals surface area contributed by atoms with Gasteiger partial charge in [0.25, 0.3) is 0 Å². The number of aryl methyl sites for hydroxylation is 2. The summed E-state index contributed by atoms with van der Waals surface area (Å²) in [4.78, 5) is 40.1. The van der Waals surface area contributed by atoms with Crippen molar-refractivity contribution in [1.29, 1.82) is 0 Å². The van der Waals surface area contributed by atoms with Crippen LogP contribution in [0.1, 0.15) is 52.1 Å². The lowest BCUT2D eigenvalue weighted by Gasteiger charge is -2.42. The van der Waals surface area contributed by atoms with Gasteiger partial charge in [-0.1, -0.05) is 182 Å². The predicted molar refractivity (Wildman–Crippen MR) is 305 cm³/mol. The van der Waals surface area contributed by atoms with Crippen molar-refractivity contribution in [3.63, 3.8) is 0 Å². The van der Waals surface area contributed by atoms with E-state index in [0.29, 0.717) is 40.8 Å². The van der Waals surface area contributed by atoms with E-state index in [1.165, 1.54) is 44.5 Å². The Balaban J connectivity index is 0.752. The van der Waals surface area contributed by atoms with E-state index in [-0.39, 0.29) is 11.8 Å². The molecular formula is C67H46N10. The fourth-order valence-electron chi connectivity index (χ4n) is 11.8. The van der Waals surface area contributed by atoms with Gasteiger partial charge < -0.3 is 9.13 Å². The van der Waals surface area contributed by atoms with Crippen molar-refractivity contribution in [2.24, 2.45) is 7.05 Å². The quantitative estimate of drug-likeness (QED) is 0.141. The Hall–Kier alpha value is -10.1. The number of hydrogen-bond acceptors (Lipinski definition) is 8. The van der Waals surface area contributed by atoms with Gasteiger partial charge in [0.05, 0.1) is 22.1 Å². The lowest BCUT2D eigenvalue weighted by atomic mass is 9.60. The largest absolute Gasteiger partial charge is 0.324 e. The molecule has 0 amide bonds. The molecule has 2 unspecified atom stereocenters. The summed E-state index contributed by atoms with van der Waals surface area (Å²) in [6, 6.07) is 76.8. The number of imidazole rings is 2. The monoisotopic (exact) mass is 990 g/mol. The predicted octanol–water partition coefficient (Wildman–Crippen LogP) is 14.6. The maximum atomic E-state index is 5.09. The summed E-state index contributed by atoms with van der Waals surface area (Å²) in [5.74, 6) is 5.12. The van der Waals surface area contributed by atoms with E-state index < -0.39 is 0 Å². The summed E-state index contributed by atoms with van der Waals surface area (Å²) in [7, 11) is 2.01. The van der Waals surface area contributed by atoms with E-state index in [0.717, 1.165) is 67.8 Å². The molecule has 10 nitrogen and oxygen atoms in total. The van der Waals surface area contributed by atoms with Crippen molar-refractivity contribution in [2.75, 3.05) is 0 Å². The molecule has 4 aromatic heterocycles.